The minimum Gasteiger partial charge on any atom is -0.497 e. The lowest BCUT2D eigenvalue weighted by Gasteiger charge is -2.29. The van der Waals surface area contributed by atoms with Crippen LogP contribution < -0.4 is 10.1 Å². The van der Waals surface area contributed by atoms with Gasteiger partial charge in [0, 0.05) is 5.54 Å². The predicted molar refractivity (Wildman–Crippen MR) is 89.9 cm³/mol. The molecule has 1 unspecified atom stereocenters. The maximum Gasteiger partial charge on any atom is 0.118 e. The third-order valence-corrected chi connectivity index (χ3v) is 4.62. The molecule has 1 aliphatic rings. The number of hydrogen-bond acceptors (Lipinski definition) is 2. The summed E-state index contributed by atoms with van der Waals surface area (Å²) in [4.78, 5) is 0. The van der Waals surface area contributed by atoms with Gasteiger partial charge in [-0.2, -0.15) is 0 Å². The molecule has 0 radical (unpaired) electrons. The Morgan fingerprint density at radius 1 is 1.14 bits per heavy atom. The Hall–Kier alpha value is -1.02. The van der Waals surface area contributed by atoms with Gasteiger partial charge < -0.3 is 10.1 Å². The first kappa shape index (κ1) is 16.4. The molecule has 1 aliphatic carbocycles. The quantitative estimate of drug-likeness (QED) is 0.836. The van der Waals surface area contributed by atoms with E-state index in [0.29, 0.717) is 0 Å². The first-order chi connectivity index (χ1) is 9.98. The minimum absolute atomic E-state index is 0.205. The second-order valence-electron chi connectivity index (χ2n) is 7.49. The standard InChI is InChI=1S/C19H31NO/c1-19(2,3)20-14-17(16-7-5-6-8-16)13-15-9-11-18(21-4)12-10-15/h9-12,16-17,20H,5-8,13-14H2,1-4H3. The number of hydrogen-bond donors (Lipinski definition) is 1. The molecule has 0 saturated heterocycles. The topological polar surface area (TPSA) is 21.3 Å². The van der Waals surface area contributed by atoms with Gasteiger partial charge in [0.15, 0.2) is 0 Å². The van der Waals surface area contributed by atoms with Gasteiger partial charge >= 0.3 is 0 Å². The van der Waals surface area contributed by atoms with Gasteiger partial charge in [0.05, 0.1) is 7.11 Å². The van der Waals surface area contributed by atoms with Crippen LogP contribution in [0.4, 0.5) is 0 Å². The number of rotatable bonds is 6. The second kappa shape index (κ2) is 7.31. The molecule has 2 heteroatoms. The van der Waals surface area contributed by atoms with Crippen LogP contribution in [-0.4, -0.2) is 19.2 Å². The highest BCUT2D eigenvalue weighted by Gasteiger charge is 2.26. The van der Waals surface area contributed by atoms with Crippen molar-refractivity contribution in [2.24, 2.45) is 11.8 Å². The van der Waals surface area contributed by atoms with Crippen molar-refractivity contribution in [3.8, 4) is 5.75 Å². The third kappa shape index (κ3) is 5.35. The van der Waals surface area contributed by atoms with E-state index in [1.54, 1.807) is 7.11 Å². The largest absolute Gasteiger partial charge is 0.497 e. The molecule has 1 atom stereocenters. The predicted octanol–water partition coefficient (Wildman–Crippen LogP) is 4.43. The monoisotopic (exact) mass is 289 g/mol. The van der Waals surface area contributed by atoms with E-state index in [4.69, 9.17) is 4.74 Å². The van der Waals surface area contributed by atoms with Crippen LogP contribution in [0.25, 0.3) is 0 Å². The van der Waals surface area contributed by atoms with Crippen LogP contribution in [-0.2, 0) is 6.42 Å². The summed E-state index contributed by atoms with van der Waals surface area (Å²) in [6.45, 7) is 7.89. The molecular formula is C19H31NO. The average Bonchev–Trinajstić information content (AvgIpc) is 2.97. The molecule has 1 fully saturated rings. The Balaban J connectivity index is 1.99. The van der Waals surface area contributed by atoms with Crippen LogP contribution in [0, 0.1) is 11.8 Å². The van der Waals surface area contributed by atoms with E-state index in [2.05, 4.69) is 50.4 Å². The molecule has 0 bridgehead atoms. The highest BCUT2D eigenvalue weighted by atomic mass is 16.5. The van der Waals surface area contributed by atoms with Crippen molar-refractivity contribution in [1.82, 2.24) is 5.32 Å². The van der Waals surface area contributed by atoms with Crippen LogP contribution in [0.2, 0.25) is 0 Å². The van der Waals surface area contributed by atoms with Crippen molar-refractivity contribution in [3.63, 3.8) is 0 Å². The van der Waals surface area contributed by atoms with E-state index in [0.717, 1.165) is 24.1 Å². The summed E-state index contributed by atoms with van der Waals surface area (Å²) in [6.07, 6.45) is 6.83. The summed E-state index contributed by atoms with van der Waals surface area (Å²) in [6, 6.07) is 8.60. The van der Waals surface area contributed by atoms with Crippen LogP contribution in [0.1, 0.15) is 52.0 Å². The zero-order chi connectivity index (χ0) is 15.3. The molecule has 1 aromatic carbocycles. The normalized spacial score (nSPS) is 17.9. The van der Waals surface area contributed by atoms with Crippen molar-refractivity contribution in [1.29, 1.82) is 0 Å². The second-order valence-corrected chi connectivity index (χ2v) is 7.49. The van der Waals surface area contributed by atoms with E-state index in [1.807, 2.05) is 0 Å². The third-order valence-electron chi connectivity index (χ3n) is 4.62. The molecular weight excluding hydrogens is 258 g/mol. The molecule has 21 heavy (non-hydrogen) atoms. The van der Waals surface area contributed by atoms with Crippen LogP contribution >= 0.6 is 0 Å². The molecule has 1 aromatic rings. The molecule has 0 heterocycles. The highest BCUT2D eigenvalue weighted by Crippen LogP contribution is 2.33. The first-order valence-corrected chi connectivity index (χ1v) is 8.36. The number of methoxy groups -OCH3 is 1. The minimum atomic E-state index is 0.205. The Morgan fingerprint density at radius 2 is 1.76 bits per heavy atom. The molecule has 0 amide bonds. The van der Waals surface area contributed by atoms with Gasteiger partial charge in [0.1, 0.15) is 5.75 Å². The van der Waals surface area contributed by atoms with E-state index < -0.39 is 0 Å². The SMILES string of the molecule is COc1ccc(CC(CNC(C)(C)C)C2CCCC2)cc1. The summed E-state index contributed by atoms with van der Waals surface area (Å²) < 4.78 is 5.25. The molecule has 2 rings (SSSR count). The maximum absolute atomic E-state index is 5.25. The van der Waals surface area contributed by atoms with Gasteiger partial charge in [-0.3, -0.25) is 0 Å². The fourth-order valence-electron chi connectivity index (χ4n) is 3.34. The lowest BCUT2D eigenvalue weighted by atomic mass is 9.85. The van der Waals surface area contributed by atoms with Crippen LogP contribution in [0.15, 0.2) is 24.3 Å². The van der Waals surface area contributed by atoms with Crippen molar-refractivity contribution < 1.29 is 4.74 Å². The Morgan fingerprint density at radius 3 is 2.29 bits per heavy atom. The number of ether oxygens (including phenoxy) is 1. The molecule has 1 N–H and O–H groups in total. The summed E-state index contributed by atoms with van der Waals surface area (Å²) in [5, 5.41) is 3.72. The summed E-state index contributed by atoms with van der Waals surface area (Å²) >= 11 is 0. The van der Waals surface area contributed by atoms with Crippen molar-refractivity contribution in [2.45, 2.75) is 58.4 Å². The van der Waals surface area contributed by atoms with Gasteiger partial charge in [-0.05, 0) is 63.3 Å². The fraction of sp³-hybridized carbons (Fsp3) is 0.684. The average molecular weight is 289 g/mol. The van der Waals surface area contributed by atoms with E-state index in [1.165, 1.54) is 37.7 Å². The highest BCUT2D eigenvalue weighted by molar-refractivity contribution is 5.27. The molecule has 1 saturated carbocycles. The number of benzene rings is 1. The van der Waals surface area contributed by atoms with Crippen molar-refractivity contribution in [3.05, 3.63) is 29.8 Å². The summed E-state index contributed by atoms with van der Waals surface area (Å²) in [5.41, 5.74) is 1.64. The van der Waals surface area contributed by atoms with E-state index in [-0.39, 0.29) is 5.54 Å². The van der Waals surface area contributed by atoms with Gasteiger partial charge in [-0.1, -0.05) is 37.8 Å². The fourth-order valence-corrected chi connectivity index (χ4v) is 3.34. The summed E-state index contributed by atoms with van der Waals surface area (Å²) in [5.74, 6) is 2.59. The summed E-state index contributed by atoms with van der Waals surface area (Å²) in [7, 11) is 1.73. The van der Waals surface area contributed by atoms with Crippen molar-refractivity contribution >= 4 is 0 Å². The molecule has 0 aliphatic heterocycles. The Bertz CT molecular complexity index is 412. The Kier molecular flexibility index (Phi) is 5.69. The molecule has 118 valence electrons. The van der Waals surface area contributed by atoms with Gasteiger partial charge in [0.25, 0.3) is 0 Å². The van der Waals surface area contributed by atoms with Crippen LogP contribution in [0.5, 0.6) is 5.75 Å². The molecule has 2 nitrogen and oxygen atoms in total. The smallest absolute Gasteiger partial charge is 0.118 e. The molecule has 0 aromatic heterocycles. The lowest BCUT2D eigenvalue weighted by molar-refractivity contribution is 0.286. The lowest BCUT2D eigenvalue weighted by Crippen LogP contribution is -2.41. The van der Waals surface area contributed by atoms with Gasteiger partial charge in [-0.15, -0.1) is 0 Å². The van der Waals surface area contributed by atoms with Gasteiger partial charge in [-0.25, -0.2) is 0 Å². The van der Waals surface area contributed by atoms with Crippen LogP contribution in [0.3, 0.4) is 0 Å². The maximum atomic E-state index is 5.25. The zero-order valence-electron chi connectivity index (χ0n) is 14.1. The first-order valence-electron chi connectivity index (χ1n) is 8.36. The Labute approximate surface area is 130 Å². The zero-order valence-corrected chi connectivity index (χ0v) is 14.1. The molecule has 0 spiro atoms. The van der Waals surface area contributed by atoms with Gasteiger partial charge in [0.2, 0.25) is 0 Å². The van der Waals surface area contributed by atoms with E-state index in [9.17, 15) is 0 Å². The van der Waals surface area contributed by atoms with Crippen molar-refractivity contribution in [2.75, 3.05) is 13.7 Å². The van der Waals surface area contributed by atoms with E-state index >= 15 is 0 Å². The number of nitrogens with one attached hydrogen (secondary N) is 1.